The lowest BCUT2D eigenvalue weighted by molar-refractivity contribution is -0.122. The highest BCUT2D eigenvalue weighted by Gasteiger charge is 2.28. The first-order valence-corrected chi connectivity index (χ1v) is 11.0. The highest BCUT2D eigenvalue weighted by molar-refractivity contribution is 5.92. The van der Waals surface area contributed by atoms with Gasteiger partial charge in [0, 0.05) is 23.5 Å². The van der Waals surface area contributed by atoms with Crippen molar-refractivity contribution < 1.29 is 14.0 Å². The molecule has 1 aromatic heterocycles. The monoisotopic (exact) mass is 449 g/mol. The number of anilines is 1. The molecule has 0 spiro atoms. The SMILES string of the molecule is Cc1nn(-c2ccc(F)cc2)c(C)c1CC(=O)Nc1cccc(CN2CCCC2C(N)=O)c1. The molecular weight excluding hydrogens is 421 g/mol. The number of amides is 2. The van der Waals surface area contributed by atoms with Crippen LogP contribution in [0.2, 0.25) is 0 Å². The molecule has 2 heterocycles. The van der Waals surface area contributed by atoms with Crippen LogP contribution in [0.25, 0.3) is 5.69 Å². The summed E-state index contributed by atoms with van der Waals surface area (Å²) >= 11 is 0. The molecule has 2 amide bonds. The Bertz CT molecular complexity index is 1170. The van der Waals surface area contributed by atoms with E-state index < -0.39 is 0 Å². The van der Waals surface area contributed by atoms with Crippen LogP contribution in [0.3, 0.4) is 0 Å². The maximum atomic E-state index is 13.3. The van der Waals surface area contributed by atoms with Gasteiger partial charge in [-0.3, -0.25) is 14.5 Å². The fourth-order valence-electron chi connectivity index (χ4n) is 4.45. The zero-order valence-corrected chi connectivity index (χ0v) is 18.8. The summed E-state index contributed by atoms with van der Waals surface area (Å²) in [6.07, 6.45) is 1.92. The first-order chi connectivity index (χ1) is 15.8. The van der Waals surface area contributed by atoms with E-state index >= 15 is 0 Å². The molecule has 33 heavy (non-hydrogen) atoms. The third kappa shape index (κ3) is 5.12. The number of likely N-dealkylation sites (tertiary alicyclic amines) is 1. The summed E-state index contributed by atoms with van der Waals surface area (Å²) in [5, 5.41) is 7.50. The average Bonchev–Trinajstić information content (AvgIpc) is 3.34. The number of aryl methyl sites for hydroxylation is 1. The van der Waals surface area contributed by atoms with Gasteiger partial charge in [0.2, 0.25) is 11.8 Å². The molecule has 172 valence electrons. The Labute approximate surface area is 192 Å². The van der Waals surface area contributed by atoms with Gasteiger partial charge >= 0.3 is 0 Å². The van der Waals surface area contributed by atoms with Gasteiger partial charge in [-0.1, -0.05) is 12.1 Å². The Balaban J connectivity index is 1.44. The molecule has 1 fully saturated rings. The van der Waals surface area contributed by atoms with Gasteiger partial charge in [0.05, 0.1) is 23.8 Å². The van der Waals surface area contributed by atoms with Crippen molar-refractivity contribution in [3.63, 3.8) is 0 Å². The third-order valence-electron chi connectivity index (χ3n) is 6.14. The summed E-state index contributed by atoms with van der Waals surface area (Å²) < 4.78 is 15.0. The van der Waals surface area contributed by atoms with Gasteiger partial charge in [-0.15, -0.1) is 0 Å². The normalized spacial score (nSPS) is 16.2. The van der Waals surface area contributed by atoms with Gasteiger partial charge < -0.3 is 11.1 Å². The topological polar surface area (TPSA) is 93.2 Å². The second-order valence-electron chi connectivity index (χ2n) is 8.49. The van der Waals surface area contributed by atoms with Crippen LogP contribution in [0.5, 0.6) is 0 Å². The summed E-state index contributed by atoms with van der Waals surface area (Å²) in [6, 6.07) is 13.5. The summed E-state index contributed by atoms with van der Waals surface area (Å²) in [5.74, 6) is -0.742. The minimum absolute atomic E-state index is 0.145. The zero-order valence-electron chi connectivity index (χ0n) is 18.8. The van der Waals surface area contributed by atoms with Gasteiger partial charge in [0.1, 0.15) is 5.82 Å². The fraction of sp³-hybridized carbons (Fsp3) is 0.320. The number of nitrogens with two attached hydrogens (primary N) is 1. The van der Waals surface area contributed by atoms with E-state index in [2.05, 4.69) is 15.3 Å². The number of aromatic nitrogens is 2. The van der Waals surface area contributed by atoms with E-state index in [1.807, 2.05) is 38.1 Å². The van der Waals surface area contributed by atoms with Crippen LogP contribution in [-0.4, -0.2) is 39.1 Å². The summed E-state index contributed by atoms with van der Waals surface area (Å²) in [6.45, 7) is 5.21. The number of nitrogens with zero attached hydrogens (tertiary/aromatic N) is 3. The Kier molecular flexibility index (Phi) is 6.55. The van der Waals surface area contributed by atoms with Crippen molar-refractivity contribution in [2.45, 2.75) is 45.7 Å². The van der Waals surface area contributed by atoms with Crippen molar-refractivity contribution in [3.05, 3.63) is 76.9 Å². The minimum Gasteiger partial charge on any atom is -0.368 e. The van der Waals surface area contributed by atoms with E-state index in [0.29, 0.717) is 12.2 Å². The van der Waals surface area contributed by atoms with Gasteiger partial charge in [-0.25, -0.2) is 9.07 Å². The van der Waals surface area contributed by atoms with Crippen LogP contribution < -0.4 is 11.1 Å². The van der Waals surface area contributed by atoms with E-state index in [9.17, 15) is 14.0 Å². The maximum Gasteiger partial charge on any atom is 0.234 e. The number of benzene rings is 2. The molecule has 3 N–H and O–H groups in total. The smallest absolute Gasteiger partial charge is 0.234 e. The Morgan fingerprint density at radius 2 is 1.94 bits per heavy atom. The number of rotatable bonds is 7. The number of hydrogen-bond donors (Lipinski definition) is 2. The lowest BCUT2D eigenvalue weighted by Crippen LogP contribution is -2.39. The molecule has 3 aromatic rings. The van der Waals surface area contributed by atoms with Crippen LogP contribution in [0.4, 0.5) is 10.1 Å². The van der Waals surface area contributed by atoms with Crippen LogP contribution in [0.1, 0.15) is 35.4 Å². The first-order valence-electron chi connectivity index (χ1n) is 11.0. The predicted octanol–water partition coefficient (Wildman–Crippen LogP) is 3.26. The molecule has 0 radical (unpaired) electrons. The van der Waals surface area contributed by atoms with Crippen LogP contribution >= 0.6 is 0 Å². The van der Waals surface area contributed by atoms with Crippen molar-refractivity contribution in [1.82, 2.24) is 14.7 Å². The summed E-state index contributed by atoms with van der Waals surface area (Å²) in [4.78, 5) is 26.5. The van der Waals surface area contributed by atoms with Crippen LogP contribution in [0.15, 0.2) is 48.5 Å². The minimum atomic E-state index is -0.308. The summed E-state index contributed by atoms with van der Waals surface area (Å²) in [5.41, 5.74) is 10.4. The van der Waals surface area contributed by atoms with Gasteiger partial charge in [-0.05, 0) is 75.2 Å². The van der Waals surface area contributed by atoms with Crippen molar-refractivity contribution in [2.24, 2.45) is 5.73 Å². The molecule has 0 aliphatic carbocycles. The van der Waals surface area contributed by atoms with E-state index in [1.165, 1.54) is 12.1 Å². The Morgan fingerprint density at radius 3 is 2.67 bits per heavy atom. The van der Waals surface area contributed by atoms with Crippen molar-refractivity contribution in [2.75, 3.05) is 11.9 Å². The van der Waals surface area contributed by atoms with Crippen molar-refractivity contribution in [3.8, 4) is 5.69 Å². The maximum absolute atomic E-state index is 13.3. The van der Waals surface area contributed by atoms with E-state index in [1.54, 1.807) is 16.8 Å². The highest BCUT2D eigenvalue weighted by atomic mass is 19.1. The molecular formula is C25H28FN5O2. The number of carbonyl (C=O) groups is 2. The Morgan fingerprint density at radius 1 is 1.18 bits per heavy atom. The van der Waals surface area contributed by atoms with Crippen LogP contribution in [0, 0.1) is 19.7 Å². The molecule has 7 nitrogen and oxygen atoms in total. The number of carbonyl (C=O) groups excluding carboxylic acids is 2. The quantitative estimate of drug-likeness (QED) is 0.579. The number of hydrogen-bond acceptors (Lipinski definition) is 4. The Hall–Kier alpha value is -3.52. The fourth-order valence-corrected chi connectivity index (χ4v) is 4.45. The van der Waals surface area contributed by atoms with Gasteiger partial charge in [0.15, 0.2) is 0 Å². The molecule has 2 aromatic carbocycles. The number of halogens is 1. The number of nitrogens with one attached hydrogen (secondary N) is 1. The van der Waals surface area contributed by atoms with Crippen molar-refractivity contribution >= 4 is 17.5 Å². The highest BCUT2D eigenvalue weighted by Crippen LogP contribution is 2.22. The molecule has 1 aliphatic rings. The van der Waals surface area contributed by atoms with E-state index in [4.69, 9.17) is 5.73 Å². The second-order valence-corrected chi connectivity index (χ2v) is 8.49. The lowest BCUT2D eigenvalue weighted by Gasteiger charge is -2.22. The average molecular weight is 450 g/mol. The van der Waals surface area contributed by atoms with Gasteiger partial charge in [-0.2, -0.15) is 5.10 Å². The second kappa shape index (κ2) is 9.54. The first kappa shape index (κ1) is 22.7. The molecule has 1 unspecified atom stereocenters. The zero-order chi connectivity index (χ0) is 23.5. The summed E-state index contributed by atoms with van der Waals surface area (Å²) in [7, 11) is 0. The van der Waals surface area contributed by atoms with E-state index in [0.717, 1.165) is 47.6 Å². The largest absolute Gasteiger partial charge is 0.368 e. The van der Waals surface area contributed by atoms with Gasteiger partial charge in [0.25, 0.3) is 0 Å². The molecule has 4 rings (SSSR count). The van der Waals surface area contributed by atoms with Crippen molar-refractivity contribution in [1.29, 1.82) is 0 Å². The molecule has 0 saturated carbocycles. The van der Waals surface area contributed by atoms with E-state index in [-0.39, 0.29) is 30.1 Å². The molecule has 1 aliphatic heterocycles. The number of primary amides is 1. The standard InChI is InChI=1S/C25H28FN5O2/c1-16-22(17(2)31(29-16)21-10-8-19(26)9-11-21)14-24(32)28-20-6-3-5-18(13-20)15-30-12-4-7-23(30)25(27)33/h3,5-6,8-11,13,23H,4,7,12,14-15H2,1-2H3,(H2,27,33)(H,28,32). The predicted molar refractivity (Wildman–Crippen MR) is 124 cm³/mol. The third-order valence-corrected chi connectivity index (χ3v) is 6.14. The molecule has 0 bridgehead atoms. The van der Waals surface area contributed by atoms with Crippen LogP contribution in [-0.2, 0) is 22.6 Å². The molecule has 1 saturated heterocycles. The lowest BCUT2D eigenvalue weighted by atomic mass is 10.1. The molecule has 8 heteroatoms. The molecule has 1 atom stereocenters.